The number of hydrogen-bond donors (Lipinski definition) is 0. The van der Waals surface area contributed by atoms with Crippen LogP contribution in [0.4, 0.5) is 68.2 Å². The summed E-state index contributed by atoms with van der Waals surface area (Å²) >= 11 is 0. The van der Waals surface area contributed by atoms with Gasteiger partial charge in [0.2, 0.25) is 0 Å². The molecule has 0 spiro atoms. The third-order valence-electron chi connectivity index (χ3n) is 28.4. The van der Waals surface area contributed by atoms with Crippen molar-refractivity contribution in [2.45, 2.75) is 117 Å². The van der Waals surface area contributed by atoms with Crippen molar-refractivity contribution in [2.75, 3.05) is 19.6 Å². The highest BCUT2D eigenvalue weighted by molar-refractivity contribution is 7.00. The standard InChI is InChI=1S/C126H107BN4/c1-122(2,3)96-73-94(74-97(77-96)123(4,5)6)95-75-117-119-118(76-95)131(121-103(85-45-24-17-25-46-85)78-98(124(7,8)9)79-104(121)93-54-37-52-91(72-93)89-50-35-48-87(70-89)83-41-20-15-21-42-83)116-81-100(129-113-63-32-28-59-107(113)126(12,13)108-60-29-33-64-114(108)129)66-68-110(116)127(119)109-67-65-99(128-111-61-30-26-57-105(111)125(10,11)106-58-27-31-62-112(106)128)80-115(109)130(117)120-101(84-43-22-16-23-44-84)55-38-56-102(120)92-53-36-51-90(71-92)88-49-34-47-86(69-88)82-39-18-14-19-40-82/h14-81H,1-13H3. The van der Waals surface area contributed by atoms with Crippen LogP contribution >= 0.6 is 0 Å². The van der Waals surface area contributed by atoms with Crippen LogP contribution in [0.3, 0.4) is 0 Å². The van der Waals surface area contributed by atoms with E-state index in [1.807, 2.05) is 0 Å². The van der Waals surface area contributed by atoms with Crippen LogP contribution in [0.5, 0.6) is 0 Å². The normalized spacial score (nSPS) is 13.9. The summed E-state index contributed by atoms with van der Waals surface area (Å²) in [4.78, 5) is 10.7. The minimum Gasteiger partial charge on any atom is -0.310 e. The average Bonchev–Trinajstić information content (AvgIpc) is 0.681. The molecule has 0 N–H and O–H groups in total. The second-order valence-corrected chi connectivity index (χ2v) is 40.5. The van der Waals surface area contributed by atoms with Gasteiger partial charge in [0.15, 0.2) is 0 Å². The summed E-state index contributed by atoms with van der Waals surface area (Å²) < 4.78 is 0. The molecule has 0 atom stereocenters. The largest absolute Gasteiger partial charge is 0.310 e. The Morgan fingerprint density at radius 2 is 0.466 bits per heavy atom. The maximum atomic E-state index is 2.78. The Kier molecular flexibility index (Phi) is 19.7. The average molecular weight is 1690 g/mol. The molecule has 5 heteroatoms. The quantitative estimate of drug-likeness (QED) is 0.107. The number of benzene rings is 18. The zero-order valence-electron chi connectivity index (χ0n) is 77.1. The molecule has 4 aliphatic rings. The van der Waals surface area contributed by atoms with Gasteiger partial charge in [0.05, 0.1) is 34.1 Å². The van der Waals surface area contributed by atoms with E-state index in [0.29, 0.717) is 0 Å². The molecule has 18 aromatic rings. The van der Waals surface area contributed by atoms with Crippen molar-refractivity contribution >= 4 is 91.3 Å². The molecule has 0 fully saturated rings. The molecule has 4 nitrogen and oxygen atoms in total. The van der Waals surface area contributed by atoms with E-state index in [4.69, 9.17) is 0 Å². The van der Waals surface area contributed by atoms with Crippen molar-refractivity contribution in [1.29, 1.82) is 0 Å². The molecule has 18 aromatic carbocycles. The first-order valence-electron chi connectivity index (χ1n) is 46.5. The lowest BCUT2D eigenvalue weighted by Crippen LogP contribution is -2.61. The number of fused-ring (bicyclic) bond motifs is 8. The van der Waals surface area contributed by atoms with Crippen LogP contribution in [0.15, 0.2) is 413 Å². The first-order valence-corrected chi connectivity index (χ1v) is 46.5. The van der Waals surface area contributed by atoms with E-state index in [0.717, 1.165) is 123 Å². The first kappa shape index (κ1) is 81.9. The summed E-state index contributed by atoms with van der Waals surface area (Å²) in [5.74, 6) is 0. The molecule has 634 valence electrons. The van der Waals surface area contributed by atoms with Gasteiger partial charge in [-0.3, -0.25) is 0 Å². The maximum absolute atomic E-state index is 2.78. The second kappa shape index (κ2) is 31.6. The Morgan fingerprint density at radius 3 is 0.847 bits per heavy atom. The molecule has 0 aliphatic carbocycles. The smallest absolute Gasteiger partial charge is 0.252 e. The van der Waals surface area contributed by atoms with Crippen molar-refractivity contribution in [3.63, 3.8) is 0 Å². The topological polar surface area (TPSA) is 13.0 Å². The van der Waals surface area contributed by atoms with Gasteiger partial charge >= 0.3 is 0 Å². The number of para-hydroxylation sites is 5. The highest BCUT2D eigenvalue weighted by Gasteiger charge is 2.48. The van der Waals surface area contributed by atoms with Crippen molar-refractivity contribution in [1.82, 2.24) is 0 Å². The second-order valence-electron chi connectivity index (χ2n) is 40.5. The predicted octanol–water partition coefficient (Wildman–Crippen LogP) is 32.9. The lowest BCUT2D eigenvalue weighted by atomic mass is 9.33. The Bertz CT molecular complexity index is 7410. The fraction of sp³-hybridized carbons (Fsp3) is 0.143. The van der Waals surface area contributed by atoms with Crippen LogP contribution in [-0.2, 0) is 27.1 Å². The molecular weight excluding hydrogens is 1580 g/mol. The van der Waals surface area contributed by atoms with E-state index in [1.165, 1.54) is 100 Å². The molecule has 0 aromatic heterocycles. The molecule has 4 heterocycles. The van der Waals surface area contributed by atoms with E-state index in [2.05, 4.69) is 522 Å². The van der Waals surface area contributed by atoms with Gasteiger partial charge in [-0.05, 0) is 247 Å². The van der Waals surface area contributed by atoms with Crippen LogP contribution in [0, 0.1) is 0 Å². The van der Waals surface area contributed by atoms with E-state index in [-0.39, 0.29) is 33.8 Å². The van der Waals surface area contributed by atoms with Gasteiger partial charge in [0, 0.05) is 67.2 Å². The number of rotatable bonds is 13. The molecule has 0 unspecified atom stereocenters. The van der Waals surface area contributed by atoms with E-state index in [9.17, 15) is 0 Å². The SMILES string of the molecule is CC(C)(C)c1cc(-c2cc3c4c(c2)N(c2c(-c5ccccc5)cc(C(C)(C)C)cc2-c2cccc(-c5cccc(-c6ccccc6)c5)c2)c2cc(N5c6ccccc6C(C)(C)c6ccccc65)ccc2B4c2ccc(N4c5ccccc5C(C)(C)c5ccccc54)cc2N3c2c(-c3ccccc3)cccc2-c2cccc(-c3cccc(-c4ccccc4)c3)c2)cc(C(C)(C)C)c1. The van der Waals surface area contributed by atoms with Gasteiger partial charge < -0.3 is 19.6 Å². The monoisotopic (exact) mass is 1690 g/mol. The number of anilines is 12. The molecule has 0 amide bonds. The molecule has 0 radical (unpaired) electrons. The zero-order valence-corrected chi connectivity index (χ0v) is 77.1. The maximum Gasteiger partial charge on any atom is 0.252 e. The Morgan fingerprint density at radius 1 is 0.191 bits per heavy atom. The predicted molar refractivity (Wildman–Crippen MR) is 559 cm³/mol. The molecule has 22 rings (SSSR count). The lowest BCUT2D eigenvalue weighted by molar-refractivity contribution is 0.569. The van der Waals surface area contributed by atoms with Crippen LogP contribution in [0.1, 0.15) is 129 Å². The van der Waals surface area contributed by atoms with E-state index >= 15 is 0 Å². The molecular formula is C126H107BN4. The number of hydrogen-bond acceptors (Lipinski definition) is 4. The molecule has 4 aliphatic heterocycles. The molecule has 0 saturated heterocycles. The number of nitrogens with zero attached hydrogens (tertiary/aromatic N) is 4. The third-order valence-corrected chi connectivity index (χ3v) is 28.4. The first-order chi connectivity index (χ1) is 63.4. The Hall–Kier alpha value is -14.8. The van der Waals surface area contributed by atoms with E-state index in [1.54, 1.807) is 0 Å². The lowest BCUT2D eigenvalue weighted by Gasteiger charge is -2.47. The summed E-state index contributed by atoms with van der Waals surface area (Å²) in [6.07, 6.45) is 0. The van der Waals surface area contributed by atoms with Gasteiger partial charge in [0.1, 0.15) is 0 Å². The van der Waals surface area contributed by atoms with E-state index < -0.39 is 0 Å². The molecule has 0 saturated carbocycles. The summed E-state index contributed by atoms with van der Waals surface area (Å²) in [6.45, 7) is 30.7. The summed E-state index contributed by atoms with van der Waals surface area (Å²) in [5.41, 5.74) is 45.0. The van der Waals surface area contributed by atoms with Gasteiger partial charge in [0.25, 0.3) is 6.71 Å². The van der Waals surface area contributed by atoms with Crippen LogP contribution < -0.4 is 36.0 Å². The van der Waals surface area contributed by atoms with Crippen molar-refractivity contribution in [3.8, 4) is 100 Å². The summed E-state index contributed by atoms with van der Waals surface area (Å²) in [7, 11) is 0. The Labute approximate surface area is 774 Å². The molecule has 0 bridgehead atoms. The third kappa shape index (κ3) is 14.1. The van der Waals surface area contributed by atoms with Gasteiger partial charge in [-0.15, -0.1) is 0 Å². The summed E-state index contributed by atoms with van der Waals surface area (Å²) in [5, 5.41) is 0. The van der Waals surface area contributed by atoms with Crippen LogP contribution in [0.25, 0.3) is 100 Å². The van der Waals surface area contributed by atoms with Crippen LogP contribution in [0.2, 0.25) is 0 Å². The van der Waals surface area contributed by atoms with Crippen molar-refractivity contribution in [2.24, 2.45) is 0 Å². The van der Waals surface area contributed by atoms with Gasteiger partial charge in [-0.25, -0.2) is 0 Å². The van der Waals surface area contributed by atoms with Crippen molar-refractivity contribution in [3.05, 3.63) is 451 Å². The summed E-state index contributed by atoms with van der Waals surface area (Å²) in [6, 6.07) is 158. The fourth-order valence-electron chi connectivity index (χ4n) is 21.4. The Balaban J connectivity index is 0.912. The fourth-order valence-corrected chi connectivity index (χ4v) is 21.4. The molecule has 131 heavy (non-hydrogen) atoms. The van der Waals surface area contributed by atoms with Crippen LogP contribution in [-0.4, -0.2) is 6.71 Å². The zero-order chi connectivity index (χ0) is 89.6. The highest BCUT2D eigenvalue weighted by Crippen LogP contribution is 2.60. The van der Waals surface area contributed by atoms with Crippen molar-refractivity contribution < 1.29 is 0 Å². The highest BCUT2D eigenvalue weighted by atomic mass is 15.2. The minimum atomic E-state index is -0.356. The minimum absolute atomic E-state index is 0.221. The van der Waals surface area contributed by atoms with Gasteiger partial charge in [-0.1, -0.05) is 405 Å². The van der Waals surface area contributed by atoms with Gasteiger partial charge in [-0.2, -0.15) is 0 Å².